The predicted octanol–water partition coefficient (Wildman–Crippen LogP) is 0.141. The van der Waals surface area contributed by atoms with Gasteiger partial charge in [0.15, 0.2) is 12.6 Å². The van der Waals surface area contributed by atoms with E-state index < -0.39 is 135 Å². The smallest absolute Gasteiger partial charge is 0.315 e. The van der Waals surface area contributed by atoms with Crippen molar-refractivity contribution >= 4 is 5.97 Å². The van der Waals surface area contributed by atoms with Crippen molar-refractivity contribution in [1.82, 2.24) is 0 Å². The zero-order valence-corrected chi connectivity index (χ0v) is 39.5. The molecule has 0 aromatic rings. The molecule has 0 aromatic carbocycles. The fraction of sp³-hybridized carbons (Fsp3) is 0.938. The minimum atomic E-state index is -1.78. The van der Waals surface area contributed by atoms with Crippen LogP contribution in [0.3, 0.4) is 0 Å². The number of rotatable bonds is 9. The highest BCUT2D eigenvalue weighted by atomic mass is 16.8. The second kappa shape index (κ2) is 18.0. The lowest BCUT2D eigenvalue weighted by Gasteiger charge is -2.71. The van der Waals surface area contributed by atoms with Gasteiger partial charge >= 0.3 is 5.97 Å². The molecule has 18 heteroatoms. The van der Waals surface area contributed by atoms with E-state index in [1.54, 1.807) is 0 Å². The Balaban J connectivity index is 1.04. The van der Waals surface area contributed by atoms with E-state index in [2.05, 4.69) is 54.5 Å². The number of hydrogen-bond acceptors (Lipinski definition) is 18. The van der Waals surface area contributed by atoms with Crippen molar-refractivity contribution in [3.8, 4) is 0 Å². The highest BCUT2D eigenvalue weighted by Gasteiger charge is 2.70. The number of aliphatic hydroxyl groups excluding tert-OH is 11. The molecule has 3 heterocycles. The van der Waals surface area contributed by atoms with Crippen LogP contribution >= 0.6 is 0 Å². The second-order valence-corrected chi connectivity index (χ2v) is 23.5. The Labute approximate surface area is 387 Å². The van der Waals surface area contributed by atoms with Crippen molar-refractivity contribution in [1.29, 1.82) is 0 Å². The van der Waals surface area contributed by atoms with E-state index in [0.29, 0.717) is 19.3 Å². The molecule has 7 fully saturated rings. The number of esters is 1. The molecule has 4 saturated carbocycles. The van der Waals surface area contributed by atoms with Gasteiger partial charge in [-0.1, -0.05) is 60.1 Å². The molecule has 0 radical (unpaired) electrons. The van der Waals surface area contributed by atoms with Crippen molar-refractivity contribution in [2.45, 2.75) is 211 Å². The van der Waals surface area contributed by atoms with Crippen LogP contribution in [0.1, 0.15) is 113 Å². The van der Waals surface area contributed by atoms with Gasteiger partial charge in [0.2, 0.25) is 6.29 Å². The maximum atomic E-state index is 14.7. The van der Waals surface area contributed by atoms with Gasteiger partial charge in [0.25, 0.3) is 0 Å². The number of hydrogen-bond donors (Lipinski definition) is 11. The molecular weight excluding hydrogens is 865 g/mol. The Kier molecular flexibility index (Phi) is 13.9. The Hall–Kier alpha value is -1.43. The number of ether oxygens (including phenoxy) is 6. The summed E-state index contributed by atoms with van der Waals surface area (Å²) in [4.78, 5) is 14.7. The molecule has 0 aromatic heterocycles. The first-order valence-electron chi connectivity index (χ1n) is 24.3. The van der Waals surface area contributed by atoms with Crippen LogP contribution in [0.4, 0.5) is 0 Å². The second-order valence-electron chi connectivity index (χ2n) is 23.5. The number of aliphatic hydroxyl groups is 11. The number of carbonyl (C=O) groups excluding carboxylic acids is 1. The van der Waals surface area contributed by atoms with Crippen LogP contribution in [-0.2, 0) is 33.2 Å². The highest BCUT2D eigenvalue weighted by molar-refractivity contribution is 5.79. The largest absolute Gasteiger partial charge is 0.432 e. The Bertz CT molecular complexity index is 1790. The van der Waals surface area contributed by atoms with Gasteiger partial charge in [-0.3, -0.25) is 4.79 Å². The summed E-state index contributed by atoms with van der Waals surface area (Å²) in [7, 11) is 0. The van der Waals surface area contributed by atoms with Gasteiger partial charge in [-0.25, -0.2) is 0 Å². The third-order valence-electron chi connectivity index (χ3n) is 19.3. The van der Waals surface area contributed by atoms with Gasteiger partial charge in [-0.05, 0) is 109 Å². The molecule has 8 rings (SSSR count). The molecule has 378 valence electrons. The molecule has 23 atom stereocenters. The average Bonchev–Trinajstić information content (AvgIpc) is 3.27. The van der Waals surface area contributed by atoms with Crippen molar-refractivity contribution in [3.63, 3.8) is 0 Å². The van der Waals surface area contributed by atoms with E-state index in [1.807, 2.05) is 0 Å². The van der Waals surface area contributed by atoms with Crippen molar-refractivity contribution < 1.29 is 89.4 Å². The summed E-state index contributed by atoms with van der Waals surface area (Å²) >= 11 is 0. The van der Waals surface area contributed by atoms with Gasteiger partial charge in [0.05, 0.1) is 31.3 Å². The predicted molar refractivity (Wildman–Crippen MR) is 230 cm³/mol. The molecule has 8 aliphatic rings. The molecular formula is C48H78O18. The van der Waals surface area contributed by atoms with Crippen LogP contribution in [0.25, 0.3) is 0 Å². The Morgan fingerprint density at radius 2 is 1.15 bits per heavy atom. The highest BCUT2D eigenvalue weighted by Crippen LogP contribution is 2.76. The lowest BCUT2D eigenvalue weighted by Crippen LogP contribution is -2.67. The lowest BCUT2D eigenvalue weighted by molar-refractivity contribution is -0.378. The van der Waals surface area contributed by atoms with E-state index in [-0.39, 0.29) is 39.4 Å². The topological polar surface area (TPSA) is 295 Å². The summed E-state index contributed by atoms with van der Waals surface area (Å²) in [6, 6.07) is 0. The molecule has 0 spiro atoms. The average molecular weight is 943 g/mol. The first-order valence-corrected chi connectivity index (χ1v) is 24.3. The minimum absolute atomic E-state index is 0.0628. The van der Waals surface area contributed by atoms with Crippen LogP contribution in [0.2, 0.25) is 0 Å². The van der Waals surface area contributed by atoms with Crippen LogP contribution in [0.5, 0.6) is 0 Å². The van der Waals surface area contributed by atoms with Crippen LogP contribution in [0.15, 0.2) is 11.6 Å². The zero-order chi connectivity index (χ0) is 48.3. The minimum Gasteiger partial charge on any atom is -0.432 e. The van der Waals surface area contributed by atoms with Gasteiger partial charge in [0, 0.05) is 0 Å². The zero-order valence-electron chi connectivity index (χ0n) is 39.5. The lowest BCUT2D eigenvalue weighted by atomic mass is 9.33. The molecule has 11 N–H and O–H groups in total. The molecule has 66 heavy (non-hydrogen) atoms. The van der Waals surface area contributed by atoms with Crippen LogP contribution < -0.4 is 0 Å². The normalized spacial score (nSPS) is 53.3. The van der Waals surface area contributed by atoms with Crippen molar-refractivity contribution in [2.75, 3.05) is 19.8 Å². The summed E-state index contributed by atoms with van der Waals surface area (Å²) < 4.78 is 36.2. The Morgan fingerprint density at radius 1 is 0.606 bits per heavy atom. The van der Waals surface area contributed by atoms with E-state index in [4.69, 9.17) is 28.4 Å². The first-order chi connectivity index (χ1) is 30.9. The maximum absolute atomic E-state index is 14.7. The molecule has 3 saturated heterocycles. The number of allylic oxidation sites excluding steroid dienone is 2. The summed E-state index contributed by atoms with van der Waals surface area (Å²) in [5, 5.41) is 115. The third-order valence-corrected chi connectivity index (χ3v) is 19.3. The van der Waals surface area contributed by atoms with Gasteiger partial charge in [-0.15, -0.1) is 0 Å². The van der Waals surface area contributed by atoms with Crippen molar-refractivity contribution in [2.24, 2.45) is 50.2 Å². The van der Waals surface area contributed by atoms with Gasteiger partial charge in [0.1, 0.15) is 73.2 Å². The molecule has 18 nitrogen and oxygen atoms in total. The van der Waals surface area contributed by atoms with E-state index in [0.717, 1.165) is 44.9 Å². The number of carbonyl (C=O) groups is 1. The van der Waals surface area contributed by atoms with Crippen molar-refractivity contribution in [3.05, 3.63) is 11.6 Å². The quantitative estimate of drug-likeness (QED) is 0.0833. The van der Waals surface area contributed by atoms with E-state index >= 15 is 0 Å². The SMILES string of the molecule is CC1(C)CC[C@]2(C(=O)O[C@@H]3O[C@H](CO)[C@@H](O)[C@H](O)[C@H]3O)CC[C@]3(C)C(=CC[C@@H]4[C@@]5(C)CC[C@H](O[C@@H]6O[C@H](CO)[C@@H](O)[C@H](O)[C@H]6O[C@@H]6O[C@H](CO)[C@@H](O)[C@H](O)[C@H]6O)C(C)(C)[C@@H]5CC[C@]43C)[C@@H]2C1. The fourth-order valence-corrected chi connectivity index (χ4v) is 15.0. The van der Waals surface area contributed by atoms with Gasteiger partial charge < -0.3 is 84.6 Å². The molecule has 3 aliphatic heterocycles. The fourth-order valence-electron chi connectivity index (χ4n) is 15.0. The molecule has 0 bridgehead atoms. The van der Waals surface area contributed by atoms with Gasteiger partial charge in [-0.2, -0.15) is 0 Å². The Morgan fingerprint density at radius 3 is 1.76 bits per heavy atom. The third kappa shape index (κ3) is 7.87. The van der Waals surface area contributed by atoms with Crippen LogP contribution in [0, 0.1) is 50.2 Å². The standard InChI is InChI=1S/C48H78O18/c1-43(2)14-16-48(42(60)66-40-37(59)34(56)31(53)25(20-50)62-40)17-15-46(6)22(23(48)18-43)8-9-28-45(5)12-11-29(44(3,4)27(45)10-13-47(28,46)7)64-41-38(35(57)32(54)26(21-51)63-41)65-39-36(58)33(55)30(52)24(19-49)61-39/h8,23-41,49-59H,9-21H2,1-7H3/t23-,24+,25+,26+,27-,28+,29-,30+,31+,32+,33-,34-,35-,36+,37+,38+,39-,40-,41-,45-,46+,47+,48-/m0/s1. The molecule has 0 unspecified atom stereocenters. The summed E-state index contributed by atoms with van der Waals surface area (Å²) in [6.07, 6.45) is -13.8. The maximum Gasteiger partial charge on any atom is 0.315 e. The summed E-state index contributed by atoms with van der Waals surface area (Å²) in [5.74, 6) is -0.227. The van der Waals surface area contributed by atoms with E-state index in [1.165, 1.54) is 5.57 Å². The summed E-state index contributed by atoms with van der Waals surface area (Å²) in [5.41, 5.74) is -0.746. The number of fused-ring (bicyclic) bond motifs is 7. The first kappa shape index (κ1) is 50.9. The molecule has 0 amide bonds. The van der Waals surface area contributed by atoms with Crippen LogP contribution in [-0.4, -0.2) is 180 Å². The van der Waals surface area contributed by atoms with E-state index in [9.17, 15) is 61.0 Å². The molecule has 5 aliphatic carbocycles. The summed E-state index contributed by atoms with van der Waals surface area (Å²) in [6.45, 7) is 14.1. The monoisotopic (exact) mass is 943 g/mol.